The topological polar surface area (TPSA) is 46.5 Å². The van der Waals surface area contributed by atoms with Crippen LogP contribution in [-0.2, 0) is 9.53 Å². The summed E-state index contributed by atoms with van der Waals surface area (Å²) in [5.74, 6) is -1.47. The van der Waals surface area contributed by atoms with Crippen molar-refractivity contribution in [2.75, 3.05) is 6.61 Å². The number of carbonyl (C=O) groups is 1. The number of benzene rings is 1. The fourth-order valence-electron chi connectivity index (χ4n) is 1.20. The Morgan fingerprint density at radius 3 is 2.59 bits per heavy atom. The Morgan fingerprint density at radius 1 is 1.47 bits per heavy atom. The van der Waals surface area contributed by atoms with Crippen molar-refractivity contribution in [2.24, 2.45) is 0 Å². The van der Waals surface area contributed by atoms with E-state index in [-0.39, 0.29) is 10.6 Å². The number of halogens is 4. The first-order valence-corrected chi connectivity index (χ1v) is 4.84. The molecule has 0 aliphatic heterocycles. The van der Waals surface area contributed by atoms with Crippen molar-refractivity contribution in [3.05, 3.63) is 34.9 Å². The van der Waals surface area contributed by atoms with Gasteiger partial charge in [-0.05, 0) is 17.7 Å². The number of ether oxygens (including phenoxy) is 1. The molecule has 0 amide bonds. The van der Waals surface area contributed by atoms with E-state index in [0.717, 1.165) is 6.07 Å². The molecule has 0 aliphatic rings. The third-order valence-corrected chi connectivity index (χ3v) is 2.06. The van der Waals surface area contributed by atoms with Crippen LogP contribution in [0.3, 0.4) is 0 Å². The van der Waals surface area contributed by atoms with E-state index in [9.17, 15) is 18.0 Å². The average Bonchev–Trinajstić information content (AvgIpc) is 2.15. The predicted octanol–water partition coefficient (Wildman–Crippen LogP) is 3.04. The number of alkyl halides is 3. The van der Waals surface area contributed by atoms with Gasteiger partial charge in [-0.25, -0.2) is 4.79 Å². The van der Waals surface area contributed by atoms with Gasteiger partial charge in [-0.3, -0.25) is 0 Å². The summed E-state index contributed by atoms with van der Waals surface area (Å²) in [5.41, 5.74) is -0.230. The summed E-state index contributed by atoms with van der Waals surface area (Å²) in [5, 5.41) is 8.43. The SMILES string of the molecule is O=C(O)CO[C@H](c1cccc(Cl)c1)C(F)(F)F. The molecular weight excluding hydrogens is 261 g/mol. The molecule has 0 aliphatic carbocycles. The molecule has 0 unspecified atom stereocenters. The van der Waals surface area contributed by atoms with Crippen LogP contribution >= 0.6 is 11.6 Å². The Bertz CT molecular complexity index is 406. The summed E-state index contributed by atoms with van der Waals surface area (Å²) in [6.07, 6.45) is -6.99. The van der Waals surface area contributed by atoms with Crippen LogP contribution in [0.2, 0.25) is 5.02 Å². The smallest absolute Gasteiger partial charge is 0.418 e. The second-order valence-corrected chi connectivity index (χ2v) is 3.62. The fourth-order valence-corrected chi connectivity index (χ4v) is 1.40. The van der Waals surface area contributed by atoms with E-state index in [1.165, 1.54) is 18.2 Å². The first kappa shape index (κ1) is 13.8. The lowest BCUT2D eigenvalue weighted by Crippen LogP contribution is -2.25. The zero-order valence-corrected chi connectivity index (χ0v) is 9.13. The Morgan fingerprint density at radius 2 is 2.12 bits per heavy atom. The van der Waals surface area contributed by atoms with Gasteiger partial charge in [-0.2, -0.15) is 13.2 Å². The number of hydrogen-bond donors (Lipinski definition) is 1. The van der Waals surface area contributed by atoms with Crippen molar-refractivity contribution in [3.8, 4) is 0 Å². The number of hydrogen-bond acceptors (Lipinski definition) is 2. The molecule has 17 heavy (non-hydrogen) atoms. The Balaban J connectivity index is 2.94. The summed E-state index contributed by atoms with van der Waals surface area (Å²) in [6, 6.07) is 5.00. The van der Waals surface area contributed by atoms with Crippen LogP contribution in [0.5, 0.6) is 0 Å². The van der Waals surface area contributed by atoms with Gasteiger partial charge in [-0.1, -0.05) is 23.7 Å². The first-order valence-electron chi connectivity index (χ1n) is 4.46. The van der Waals surface area contributed by atoms with Gasteiger partial charge in [-0.15, -0.1) is 0 Å². The normalized spacial score (nSPS) is 13.4. The van der Waals surface area contributed by atoms with Crippen LogP contribution < -0.4 is 0 Å². The summed E-state index contributed by atoms with van der Waals surface area (Å²) in [6.45, 7) is -1.03. The maximum Gasteiger partial charge on any atom is 0.418 e. The molecule has 1 N–H and O–H groups in total. The number of rotatable bonds is 4. The maximum absolute atomic E-state index is 12.6. The van der Waals surface area contributed by atoms with Crippen molar-refractivity contribution >= 4 is 17.6 Å². The third kappa shape index (κ3) is 4.24. The van der Waals surface area contributed by atoms with Crippen LogP contribution in [-0.4, -0.2) is 23.9 Å². The molecule has 0 heterocycles. The van der Waals surface area contributed by atoms with E-state index >= 15 is 0 Å². The molecule has 0 bridgehead atoms. The molecule has 7 heteroatoms. The standard InChI is InChI=1S/C10H8ClF3O3/c11-7-3-1-2-6(4-7)9(10(12,13)14)17-5-8(15)16/h1-4,9H,5H2,(H,15,16)/t9-/m1/s1. The predicted molar refractivity (Wildman–Crippen MR) is 53.8 cm³/mol. The Kier molecular flexibility index (Phi) is 4.36. The van der Waals surface area contributed by atoms with Crippen LogP contribution in [0.1, 0.15) is 11.7 Å². The van der Waals surface area contributed by atoms with Gasteiger partial charge in [0.1, 0.15) is 6.61 Å². The number of aliphatic carboxylic acids is 1. The maximum atomic E-state index is 12.6. The highest BCUT2D eigenvalue weighted by molar-refractivity contribution is 6.30. The van der Waals surface area contributed by atoms with Crippen LogP contribution in [0.4, 0.5) is 13.2 Å². The zero-order chi connectivity index (χ0) is 13.1. The molecule has 0 radical (unpaired) electrons. The zero-order valence-electron chi connectivity index (χ0n) is 8.37. The quantitative estimate of drug-likeness (QED) is 0.913. The van der Waals surface area contributed by atoms with Gasteiger partial charge in [0.05, 0.1) is 0 Å². The minimum Gasteiger partial charge on any atom is -0.480 e. The van der Waals surface area contributed by atoms with Crippen molar-refractivity contribution in [1.29, 1.82) is 0 Å². The second kappa shape index (κ2) is 5.37. The molecule has 0 saturated carbocycles. The van der Waals surface area contributed by atoms with Gasteiger partial charge in [0.2, 0.25) is 0 Å². The highest BCUT2D eigenvalue weighted by Crippen LogP contribution is 2.36. The summed E-state index contributed by atoms with van der Waals surface area (Å²) < 4.78 is 42.2. The van der Waals surface area contributed by atoms with E-state index in [0.29, 0.717) is 0 Å². The van der Waals surface area contributed by atoms with E-state index in [4.69, 9.17) is 16.7 Å². The minimum absolute atomic E-state index is 0.121. The third-order valence-electron chi connectivity index (χ3n) is 1.82. The van der Waals surface area contributed by atoms with Crippen LogP contribution in [0, 0.1) is 0 Å². The number of carboxylic acids is 1. The minimum atomic E-state index is -4.69. The largest absolute Gasteiger partial charge is 0.480 e. The molecule has 1 atom stereocenters. The molecule has 0 spiro atoms. The van der Waals surface area contributed by atoms with Crippen molar-refractivity contribution < 1.29 is 27.8 Å². The molecule has 94 valence electrons. The number of carboxylic acid groups (broad SMARTS) is 1. The molecule has 1 aromatic rings. The Labute approximate surface area is 99.8 Å². The molecule has 0 saturated heterocycles. The molecular formula is C10H8ClF3O3. The van der Waals surface area contributed by atoms with E-state index in [1.54, 1.807) is 0 Å². The monoisotopic (exact) mass is 268 g/mol. The highest BCUT2D eigenvalue weighted by atomic mass is 35.5. The molecule has 3 nitrogen and oxygen atoms in total. The second-order valence-electron chi connectivity index (χ2n) is 3.18. The van der Waals surface area contributed by atoms with Crippen LogP contribution in [0.15, 0.2) is 24.3 Å². The van der Waals surface area contributed by atoms with Gasteiger partial charge < -0.3 is 9.84 Å². The summed E-state index contributed by atoms with van der Waals surface area (Å²) in [4.78, 5) is 10.2. The van der Waals surface area contributed by atoms with E-state index in [1.807, 2.05) is 0 Å². The van der Waals surface area contributed by atoms with Gasteiger partial charge in [0, 0.05) is 5.02 Å². The fraction of sp³-hybridized carbons (Fsp3) is 0.300. The average molecular weight is 269 g/mol. The lowest BCUT2D eigenvalue weighted by atomic mass is 10.1. The molecule has 1 rings (SSSR count). The van der Waals surface area contributed by atoms with Gasteiger partial charge >= 0.3 is 12.1 Å². The van der Waals surface area contributed by atoms with E-state index < -0.39 is 24.9 Å². The Hall–Kier alpha value is -1.27. The molecule has 0 fully saturated rings. The van der Waals surface area contributed by atoms with Crippen molar-refractivity contribution in [1.82, 2.24) is 0 Å². The molecule has 1 aromatic carbocycles. The van der Waals surface area contributed by atoms with Crippen LogP contribution in [0.25, 0.3) is 0 Å². The van der Waals surface area contributed by atoms with Crippen molar-refractivity contribution in [2.45, 2.75) is 12.3 Å². The van der Waals surface area contributed by atoms with Crippen molar-refractivity contribution in [3.63, 3.8) is 0 Å². The van der Waals surface area contributed by atoms with Gasteiger partial charge in [0.15, 0.2) is 6.10 Å². The molecule has 0 aromatic heterocycles. The highest BCUT2D eigenvalue weighted by Gasteiger charge is 2.42. The first-order chi connectivity index (χ1) is 7.80. The van der Waals surface area contributed by atoms with E-state index in [2.05, 4.69) is 4.74 Å². The lowest BCUT2D eigenvalue weighted by molar-refractivity contribution is -0.225. The summed E-state index contributed by atoms with van der Waals surface area (Å²) >= 11 is 5.56. The lowest BCUT2D eigenvalue weighted by Gasteiger charge is -2.20. The van der Waals surface area contributed by atoms with Gasteiger partial charge in [0.25, 0.3) is 0 Å². The summed E-state index contributed by atoms with van der Waals surface area (Å²) in [7, 11) is 0.